The molecule has 2 aromatic rings. The van der Waals surface area contributed by atoms with Crippen LogP contribution in [-0.4, -0.2) is 28.6 Å². The van der Waals surface area contributed by atoms with Gasteiger partial charge in [-0.3, -0.25) is 4.68 Å². The molecule has 1 unspecified atom stereocenters. The molecule has 2 rings (SSSR count). The number of nitrogens with zero attached hydrogens (tertiary/aromatic N) is 2. The minimum atomic E-state index is -0.656. The van der Waals surface area contributed by atoms with Crippen molar-refractivity contribution < 1.29 is 14.6 Å². The minimum Gasteiger partial charge on any atom is -0.493 e. The van der Waals surface area contributed by atoms with Crippen molar-refractivity contribution in [3.63, 3.8) is 0 Å². The largest absolute Gasteiger partial charge is 0.493 e. The van der Waals surface area contributed by atoms with Crippen molar-refractivity contribution in [1.29, 1.82) is 0 Å². The predicted octanol–water partition coefficient (Wildman–Crippen LogP) is 2.41. The summed E-state index contributed by atoms with van der Waals surface area (Å²) in [6.45, 7) is 3.10. The fraction of sp³-hybridized carbons (Fsp3) is 0.400. The second-order valence-electron chi connectivity index (χ2n) is 4.38. The monoisotopic (exact) mass is 276 g/mol. The highest BCUT2D eigenvalue weighted by Gasteiger charge is 2.19. The lowest BCUT2D eigenvalue weighted by atomic mass is 10.2. The van der Waals surface area contributed by atoms with Gasteiger partial charge in [-0.2, -0.15) is 5.10 Å². The lowest BCUT2D eigenvalue weighted by Crippen LogP contribution is -2.12. The summed E-state index contributed by atoms with van der Waals surface area (Å²) in [6.07, 6.45) is 1.45. The Kier molecular flexibility index (Phi) is 5.01. The Bertz CT molecular complexity index is 504. The van der Waals surface area contributed by atoms with Crippen LogP contribution in [0.5, 0.6) is 11.5 Å². The van der Waals surface area contributed by atoms with Crippen LogP contribution in [0.1, 0.15) is 25.1 Å². The molecule has 1 aromatic carbocycles. The molecule has 0 amide bonds. The van der Waals surface area contributed by atoms with Gasteiger partial charge < -0.3 is 14.6 Å². The van der Waals surface area contributed by atoms with Crippen LogP contribution >= 0.6 is 0 Å². The zero-order valence-corrected chi connectivity index (χ0v) is 11.8. The molecule has 108 valence electrons. The Labute approximate surface area is 118 Å². The fourth-order valence-corrected chi connectivity index (χ4v) is 2.07. The number of methoxy groups -OCH3 is 1. The number of aliphatic hydroxyl groups is 1. The number of hydrogen-bond donors (Lipinski definition) is 1. The molecule has 0 aliphatic rings. The van der Waals surface area contributed by atoms with Gasteiger partial charge in [0.1, 0.15) is 17.5 Å². The Hall–Kier alpha value is -2.01. The van der Waals surface area contributed by atoms with E-state index in [2.05, 4.69) is 5.10 Å². The number of ether oxygens (including phenoxy) is 2. The van der Waals surface area contributed by atoms with E-state index in [0.29, 0.717) is 31.0 Å². The third-order valence-corrected chi connectivity index (χ3v) is 3.08. The van der Waals surface area contributed by atoms with Crippen molar-refractivity contribution in [1.82, 2.24) is 9.78 Å². The molecule has 5 nitrogen and oxygen atoms in total. The van der Waals surface area contributed by atoms with Crippen LogP contribution < -0.4 is 9.47 Å². The number of hydrogen-bond acceptors (Lipinski definition) is 4. The SMILES string of the molecule is CCn1ncc(OC)c1C(O)CCOc1ccccc1. The summed E-state index contributed by atoms with van der Waals surface area (Å²) in [5, 5.41) is 14.5. The second-order valence-corrected chi connectivity index (χ2v) is 4.38. The molecule has 0 radical (unpaired) electrons. The predicted molar refractivity (Wildman–Crippen MR) is 76.0 cm³/mol. The van der Waals surface area contributed by atoms with E-state index >= 15 is 0 Å². The quantitative estimate of drug-likeness (QED) is 0.843. The second kappa shape index (κ2) is 6.96. The van der Waals surface area contributed by atoms with Crippen molar-refractivity contribution in [2.45, 2.75) is 26.0 Å². The van der Waals surface area contributed by atoms with E-state index in [1.807, 2.05) is 37.3 Å². The lowest BCUT2D eigenvalue weighted by Gasteiger charge is -2.14. The van der Waals surface area contributed by atoms with Crippen molar-refractivity contribution in [2.75, 3.05) is 13.7 Å². The van der Waals surface area contributed by atoms with E-state index in [1.54, 1.807) is 18.0 Å². The van der Waals surface area contributed by atoms with E-state index in [0.717, 1.165) is 5.75 Å². The van der Waals surface area contributed by atoms with E-state index in [1.165, 1.54) is 0 Å². The van der Waals surface area contributed by atoms with Crippen LogP contribution in [0.2, 0.25) is 0 Å². The average molecular weight is 276 g/mol. The molecule has 0 fully saturated rings. The molecule has 0 spiro atoms. The van der Waals surface area contributed by atoms with E-state index in [-0.39, 0.29) is 0 Å². The van der Waals surface area contributed by atoms with Crippen molar-refractivity contribution >= 4 is 0 Å². The first-order chi connectivity index (χ1) is 9.76. The zero-order valence-electron chi connectivity index (χ0n) is 11.8. The van der Waals surface area contributed by atoms with Crippen molar-refractivity contribution in [3.8, 4) is 11.5 Å². The smallest absolute Gasteiger partial charge is 0.162 e. The molecule has 0 saturated heterocycles. The van der Waals surface area contributed by atoms with Crippen molar-refractivity contribution in [3.05, 3.63) is 42.2 Å². The van der Waals surface area contributed by atoms with Gasteiger partial charge >= 0.3 is 0 Å². The van der Waals surface area contributed by atoms with Gasteiger partial charge in [0.2, 0.25) is 0 Å². The highest BCUT2D eigenvalue weighted by molar-refractivity contribution is 5.27. The highest BCUT2D eigenvalue weighted by Crippen LogP contribution is 2.27. The molecule has 20 heavy (non-hydrogen) atoms. The molecule has 0 bridgehead atoms. The van der Waals surface area contributed by atoms with Gasteiger partial charge in [0, 0.05) is 13.0 Å². The first-order valence-electron chi connectivity index (χ1n) is 6.71. The summed E-state index contributed by atoms with van der Waals surface area (Å²) in [5.74, 6) is 1.41. The van der Waals surface area contributed by atoms with Crippen LogP contribution in [-0.2, 0) is 6.54 Å². The number of aromatic nitrogens is 2. The van der Waals surface area contributed by atoms with Crippen LogP contribution in [0.4, 0.5) is 0 Å². The maximum Gasteiger partial charge on any atom is 0.162 e. The highest BCUT2D eigenvalue weighted by atomic mass is 16.5. The van der Waals surface area contributed by atoms with Gasteiger partial charge in [0.15, 0.2) is 5.75 Å². The first-order valence-corrected chi connectivity index (χ1v) is 6.71. The summed E-state index contributed by atoms with van der Waals surface area (Å²) in [6, 6.07) is 9.56. The molecular formula is C15H20N2O3. The lowest BCUT2D eigenvalue weighted by molar-refractivity contribution is 0.129. The topological polar surface area (TPSA) is 56.5 Å². The van der Waals surface area contributed by atoms with Crippen LogP contribution in [0.25, 0.3) is 0 Å². The number of benzene rings is 1. The van der Waals surface area contributed by atoms with Crippen LogP contribution in [0.3, 0.4) is 0 Å². The summed E-state index contributed by atoms with van der Waals surface area (Å²) in [4.78, 5) is 0. The maximum atomic E-state index is 10.3. The van der Waals surface area contributed by atoms with Gasteiger partial charge in [-0.25, -0.2) is 0 Å². The fourth-order valence-electron chi connectivity index (χ4n) is 2.07. The van der Waals surface area contributed by atoms with Gasteiger partial charge in [-0.15, -0.1) is 0 Å². The average Bonchev–Trinajstić information content (AvgIpc) is 2.91. The van der Waals surface area contributed by atoms with E-state index in [4.69, 9.17) is 9.47 Å². The molecule has 1 N–H and O–H groups in total. The maximum absolute atomic E-state index is 10.3. The summed E-state index contributed by atoms with van der Waals surface area (Å²) in [7, 11) is 1.58. The number of para-hydroxylation sites is 1. The summed E-state index contributed by atoms with van der Waals surface area (Å²) in [5.41, 5.74) is 0.701. The molecule has 1 aromatic heterocycles. The molecule has 1 heterocycles. The number of aliphatic hydroxyl groups excluding tert-OH is 1. The van der Waals surface area contributed by atoms with Crippen LogP contribution in [0, 0.1) is 0 Å². The minimum absolute atomic E-state index is 0.434. The molecule has 5 heteroatoms. The van der Waals surface area contributed by atoms with Gasteiger partial charge in [-0.05, 0) is 19.1 Å². The Morgan fingerprint density at radius 2 is 2.05 bits per heavy atom. The van der Waals surface area contributed by atoms with Crippen LogP contribution in [0.15, 0.2) is 36.5 Å². The summed E-state index contributed by atoms with van der Waals surface area (Å²) < 4.78 is 12.6. The zero-order chi connectivity index (χ0) is 14.4. The number of rotatable bonds is 7. The third-order valence-electron chi connectivity index (χ3n) is 3.08. The Balaban J connectivity index is 1.94. The molecule has 0 aliphatic carbocycles. The van der Waals surface area contributed by atoms with Crippen molar-refractivity contribution in [2.24, 2.45) is 0 Å². The molecule has 1 atom stereocenters. The standard InChI is InChI=1S/C15H20N2O3/c1-3-17-15(14(19-2)11-16-17)13(18)9-10-20-12-7-5-4-6-8-12/h4-8,11,13,18H,3,9-10H2,1-2H3. The Morgan fingerprint density at radius 1 is 1.30 bits per heavy atom. The normalized spacial score (nSPS) is 12.2. The summed E-state index contributed by atoms with van der Waals surface area (Å²) >= 11 is 0. The molecular weight excluding hydrogens is 256 g/mol. The van der Waals surface area contributed by atoms with E-state index in [9.17, 15) is 5.11 Å². The Morgan fingerprint density at radius 3 is 2.70 bits per heavy atom. The van der Waals surface area contributed by atoms with E-state index < -0.39 is 6.10 Å². The molecule has 0 aliphatic heterocycles. The molecule has 0 saturated carbocycles. The third kappa shape index (κ3) is 3.30. The van der Waals surface area contributed by atoms with Gasteiger partial charge in [0.25, 0.3) is 0 Å². The van der Waals surface area contributed by atoms with Gasteiger partial charge in [0.05, 0.1) is 19.9 Å². The number of aryl methyl sites for hydroxylation is 1. The first kappa shape index (κ1) is 14.4. The van der Waals surface area contributed by atoms with Gasteiger partial charge in [-0.1, -0.05) is 18.2 Å².